The van der Waals surface area contributed by atoms with E-state index >= 15 is 0 Å². The number of benzene rings is 1. The molecule has 0 atom stereocenters. The third kappa shape index (κ3) is 2.32. The molecule has 0 bridgehead atoms. The first kappa shape index (κ1) is 12.9. The molecule has 0 unspecified atom stereocenters. The molecule has 94 valence electrons. The molecule has 0 saturated heterocycles. The van der Waals surface area contributed by atoms with E-state index in [1.54, 1.807) is 18.2 Å². The van der Waals surface area contributed by atoms with Crippen molar-refractivity contribution in [1.29, 1.82) is 0 Å². The lowest BCUT2D eigenvalue weighted by Crippen LogP contribution is -2.04. The van der Waals surface area contributed by atoms with Crippen LogP contribution < -0.4 is 0 Å². The summed E-state index contributed by atoms with van der Waals surface area (Å²) in [7, 11) is 0. The number of aryl methyl sites for hydroxylation is 1. The zero-order valence-electron chi connectivity index (χ0n) is 9.39. The Hall–Kier alpha value is -1.59. The molecule has 0 amide bonds. The van der Waals surface area contributed by atoms with Crippen molar-refractivity contribution in [3.63, 3.8) is 0 Å². The van der Waals surface area contributed by atoms with Crippen LogP contribution in [0.25, 0.3) is 5.69 Å². The standard InChI is InChI=1S/C11H9Cl2N3O2/c1-2-9-14-10(11(17)18)15-16(9)8-5-6(12)3-4-7(8)13/h3-5H,2H2,1H3,(H,17,18). The van der Waals surface area contributed by atoms with Crippen molar-refractivity contribution < 1.29 is 9.90 Å². The van der Waals surface area contributed by atoms with Crippen molar-refractivity contribution in [1.82, 2.24) is 14.8 Å². The Kier molecular flexibility index (Phi) is 3.54. The number of halogens is 2. The molecule has 0 spiro atoms. The topological polar surface area (TPSA) is 68.0 Å². The molecule has 7 heteroatoms. The van der Waals surface area contributed by atoms with Gasteiger partial charge in [-0.05, 0) is 18.2 Å². The van der Waals surface area contributed by atoms with Gasteiger partial charge in [-0.1, -0.05) is 30.1 Å². The van der Waals surface area contributed by atoms with Crippen LogP contribution in [0.15, 0.2) is 18.2 Å². The molecule has 1 aromatic carbocycles. The first-order chi connectivity index (χ1) is 8.52. The number of nitrogens with zero attached hydrogens (tertiary/aromatic N) is 3. The third-order valence-corrected chi connectivity index (χ3v) is 2.87. The summed E-state index contributed by atoms with van der Waals surface area (Å²) in [5, 5.41) is 13.7. The van der Waals surface area contributed by atoms with E-state index in [1.807, 2.05) is 6.92 Å². The number of rotatable bonds is 3. The fourth-order valence-corrected chi connectivity index (χ4v) is 1.87. The van der Waals surface area contributed by atoms with Crippen molar-refractivity contribution in [2.45, 2.75) is 13.3 Å². The Balaban J connectivity index is 2.62. The van der Waals surface area contributed by atoms with Crippen molar-refractivity contribution in [3.05, 3.63) is 39.9 Å². The Morgan fingerprint density at radius 3 is 2.78 bits per heavy atom. The van der Waals surface area contributed by atoms with Gasteiger partial charge in [0.15, 0.2) is 0 Å². The van der Waals surface area contributed by atoms with Crippen LogP contribution in [0.4, 0.5) is 0 Å². The minimum Gasteiger partial charge on any atom is -0.475 e. The Bertz CT molecular complexity index is 610. The van der Waals surface area contributed by atoms with Crippen LogP contribution in [0.3, 0.4) is 0 Å². The number of hydrogen-bond acceptors (Lipinski definition) is 3. The molecule has 0 fully saturated rings. The Labute approximate surface area is 113 Å². The van der Waals surface area contributed by atoms with E-state index in [0.717, 1.165) is 0 Å². The smallest absolute Gasteiger partial charge is 0.375 e. The van der Waals surface area contributed by atoms with E-state index in [4.69, 9.17) is 28.3 Å². The number of hydrogen-bond donors (Lipinski definition) is 1. The maximum Gasteiger partial charge on any atom is 0.375 e. The summed E-state index contributed by atoms with van der Waals surface area (Å²) in [6.07, 6.45) is 0.531. The molecule has 0 aliphatic carbocycles. The predicted molar refractivity (Wildman–Crippen MR) is 67.7 cm³/mol. The van der Waals surface area contributed by atoms with E-state index in [2.05, 4.69) is 10.1 Å². The van der Waals surface area contributed by atoms with Gasteiger partial charge in [0, 0.05) is 11.4 Å². The second-order valence-electron chi connectivity index (χ2n) is 3.52. The summed E-state index contributed by atoms with van der Waals surface area (Å²) in [6.45, 7) is 1.85. The summed E-state index contributed by atoms with van der Waals surface area (Å²) in [4.78, 5) is 14.8. The minimum atomic E-state index is -1.18. The van der Waals surface area contributed by atoms with Gasteiger partial charge in [0.2, 0.25) is 0 Å². The fourth-order valence-electron chi connectivity index (χ4n) is 1.50. The van der Waals surface area contributed by atoms with Gasteiger partial charge in [0.25, 0.3) is 5.82 Å². The highest BCUT2D eigenvalue weighted by atomic mass is 35.5. The average molecular weight is 286 g/mol. The van der Waals surface area contributed by atoms with Gasteiger partial charge in [-0.3, -0.25) is 0 Å². The van der Waals surface area contributed by atoms with Crippen LogP contribution in [-0.4, -0.2) is 25.8 Å². The number of carboxylic acid groups (broad SMARTS) is 1. The number of aromatic carboxylic acids is 1. The first-order valence-electron chi connectivity index (χ1n) is 5.17. The van der Waals surface area contributed by atoms with Crippen molar-refractivity contribution >= 4 is 29.2 Å². The van der Waals surface area contributed by atoms with Gasteiger partial charge < -0.3 is 5.11 Å². The van der Waals surface area contributed by atoms with Crippen LogP contribution in [0.5, 0.6) is 0 Å². The lowest BCUT2D eigenvalue weighted by atomic mass is 10.3. The first-order valence-corrected chi connectivity index (χ1v) is 5.93. The van der Waals surface area contributed by atoms with E-state index in [-0.39, 0.29) is 5.82 Å². The molecule has 0 radical (unpaired) electrons. The van der Waals surface area contributed by atoms with Crippen LogP contribution in [0, 0.1) is 0 Å². The molecular formula is C11H9Cl2N3O2. The van der Waals surface area contributed by atoms with Gasteiger partial charge in [-0.15, -0.1) is 5.10 Å². The normalized spacial score (nSPS) is 10.6. The van der Waals surface area contributed by atoms with Gasteiger partial charge in [-0.25, -0.2) is 14.5 Å². The molecule has 0 aliphatic rings. The van der Waals surface area contributed by atoms with Crippen molar-refractivity contribution in [3.8, 4) is 5.69 Å². The summed E-state index contributed by atoms with van der Waals surface area (Å²) >= 11 is 11.9. The highest BCUT2D eigenvalue weighted by Gasteiger charge is 2.17. The molecule has 1 aromatic heterocycles. The molecule has 18 heavy (non-hydrogen) atoms. The predicted octanol–water partition coefficient (Wildman–Crippen LogP) is 2.83. The lowest BCUT2D eigenvalue weighted by molar-refractivity contribution is 0.0683. The molecular weight excluding hydrogens is 277 g/mol. The number of aromatic nitrogens is 3. The van der Waals surface area contributed by atoms with Gasteiger partial charge >= 0.3 is 5.97 Å². The molecule has 1 heterocycles. The summed E-state index contributed by atoms with van der Waals surface area (Å²) in [5.74, 6) is -0.930. The molecule has 0 aliphatic heterocycles. The van der Waals surface area contributed by atoms with Gasteiger partial charge in [0.1, 0.15) is 5.82 Å². The molecule has 1 N–H and O–H groups in total. The van der Waals surface area contributed by atoms with Crippen molar-refractivity contribution in [2.24, 2.45) is 0 Å². The van der Waals surface area contributed by atoms with E-state index in [9.17, 15) is 4.79 Å². The Morgan fingerprint density at radius 1 is 1.44 bits per heavy atom. The Morgan fingerprint density at radius 2 is 2.17 bits per heavy atom. The van der Waals surface area contributed by atoms with Crippen LogP contribution >= 0.6 is 23.2 Å². The third-order valence-electron chi connectivity index (χ3n) is 2.32. The minimum absolute atomic E-state index is 0.261. The molecule has 5 nitrogen and oxygen atoms in total. The second kappa shape index (κ2) is 4.96. The maximum absolute atomic E-state index is 10.9. The highest BCUT2D eigenvalue weighted by Crippen LogP contribution is 2.24. The summed E-state index contributed by atoms with van der Waals surface area (Å²) < 4.78 is 1.40. The lowest BCUT2D eigenvalue weighted by Gasteiger charge is -2.06. The molecule has 2 rings (SSSR count). The SMILES string of the molecule is CCc1nc(C(=O)O)nn1-c1cc(Cl)ccc1Cl. The summed E-state index contributed by atoms with van der Waals surface area (Å²) in [6, 6.07) is 4.89. The van der Waals surface area contributed by atoms with E-state index < -0.39 is 5.97 Å². The van der Waals surface area contributed by atoms with Gasteiger partial charge in [-0.2, -0.15) is 0 Å². The zero-order valence-corrected chi connectivity index (χ0v) is 10.9. The summed E-state index contributed by atoms with van der Waals surface area (Å²) in [5.41, 5.74) is 0.515. The van der Waals surface area contributed by atoms with Crippen molar-refractivity contribution in [2.75, 3.05) is 0 Å². The van der Waals surface area contributed by atoms with E-state index in [1.165, 1.54) is 4.68 Å². The number of carbonyl (C=O) groups is 1. The van der Waals surface area contributed by atoms with E-state index in [0.29, 0.717) is 28.0 Å². The second-order valence-corrected chi connectivity index (χ2v) is 4.36. The largest absolute Gasteiger partial charge is 0.475 e. The van der Waals surface area contributed by atoms with Crippen LogP contribution in [0.1, 0.15) is 23.4 Å². The maximum atomic E-state index is 10.9. The fraction of sp³-hybridized carbons (Fsp3) is 0.182. The van der Waals surface area contributed by atoms with Crippen LogP contribution in [0.2, 0.25) is 10.0 Å². The molecule has 0 saturated carbocycles. The zero-order chi connectivity index (χ0) is 13.3. The van der Waals surface area contributed by atoms with Gasteiger partial charge in [0.05, 0.1) is 10.7 Å². The quantitative estimate of drug-likeness (QED) is 0.942. The highest BCUT2D eigenvalue weighted by molar-refractivity contribution is 6.34. The molecule has 2 aromatic rings. The van der Waals surface area contributed by atoms with Crippen LogP contribution in [-0.2, 0) is 6.42 Å². The average Bonchev–Trinajstić information content (AvgIpc) is 2.76. The number of carboxylic acids is 1. The monoisotopic (exact) mass is 285 g/mol.